The summed E-state index contributed by atoms with van der Waals surface area (Å²) in [6.07, 6.45) is 3.29. The van der Waals surface area contributed by atoms with Crippen molar-refractivity contribution in [3.8, 4) is 11.5 Å². The fraction of sp³-hybridized carbons (Fsp3) is 0.130. The second-order valence-electron chi connectivity index (χ2n) is 6.82. The molecule has 0 aliphatic rings. The van der Waals surface area contributed by atoms with Gasteiger partial charge in [0.1, 0.15) is 17.2 Å². The molecule has 0 aliphatic carbocycles. The highest BCUT2D eigenvalue weighted by Crippen LogP contribution is 2.28. The van der Waals surface area contributed by atoms with Crippen LogP contribution < -0.4 is 10.1 Å². The number of hydrogen-bond acceptors (Lipinski definition) is 7. The molecule has 2 aromatic carbocycles. The van der Waals surface area contributed by atoms with Gasteiger partial charge in [0, 0.05) is 35.1 Å². The van der Waals surface area contributed by atoms with Crippen molar-refractivity contribution in [2.75, 3.05) is 17.6 Å². The van der Waals surface area contributed by atoms with Crippen molar-refractivity contribution >= 4 is 51.6 Å². The van der Waals surface area contributed by atoms with Crippen molar-refractivity contribution in [1.29, 1.82) is 5.41 Å². The molecule has 0 spiro atoms. The Hall–Kier alpha value is -3.36. The number of nitrogens with one attached hydrogen (secondary N) is 3. The number of carbonyl (C=O) groups excluding carboxylic acids is 1. The fourth-order valence-corrected chi connectivity index (χ4v) is 4.00. The summed E-state index contributed by atoms with van der Waals surface area (Å²) in [4.78, 5) is 24.4. The van der Waals surface area contributed by atoms with Gasteiger partial charge in [-0.05, 0) is 49.4 Å². The highest BCUT2D eigenvalue weighted by molar-refractivity contribution is 7.99. The number of nitrogens with zero attached hydrogens (tertiary/aromatic N) is 2. The number of ether oxygens (including phenoxy) is 1. The highest BCUT2D eigenvalue weighted by Gasteiger charge is 2.18. The van der Waals surface area contributed by atoms with E-state index in [1.54, 1.807) is 48.8 Å². The molecule has 162 valence electrons. The summed E-state index contributed by atoms with van der Waals surface area (Å²) >= 11 is 7.26. The molecule has 7 nitrogen and oxygen atoms in total. The first kappa shape index (κ1) is 21.9. The van der Waals surface area contributed by atoms with Gasteiger partial charge in [0.2, 0.25) is 0 Å². The van der Waals surface area contributed by atoms with Gasteiger partial charge in [-0.1, -0.05) is 23.4 Å². The Morgan fingerprint density at radius 3 is 2.88 bits per heavy atom. The molecule has 4 aromatic rings. The van der Waals surface area contributed by atoms with Crippen LogP contribution in [0.15, 0.2) is 66.1 Å². The lowest BCUT2D eigenvalue weighted by Gasteiger charge is -2.13. The molecule has 9 heteroatoms. The van der Waals surface area contributed by atoms with E-state index in [2.05, 4.69) is 20.3 Å². The zero-order chi connectivity index (χ0) is 22.5. The number of fused-ring (bicyclic) bond motifs is 1. The normalized spacial score (nSPS) is 10.8. The average Bonchev–Trinajstić information content (AvgIpc) is 3.20. The molecule has 2 aromatic heterocycles. The first-order valence-corrected chi connectivity index (χ1v) is 11.3. The van der Waals surface area contributed by atoms with E-state index in [1.807, 2.05) is 19.1 Å². The summed E-state index contributed by atoms with van der Waals surface area (Å²) in [5, 5.41) is 12.9. The summed E-state index contributed by atoms with van der Waals surface area (Å²) in [6, 6.07) is 14.2. The summed E-state index contributed by atoms with van der Waals surface area (Å²) in [5.74, 6) is 0.991. The Morgan fingerprint density at radius 1 is 1.22 bits per heavy atom. The molecule has 3 N–H and O–H groups in total. The number of pyridine rings is 1. The van der Waals surface area contributed by atoms with Crippen LogP contribution in [0.4, 0.5) is 5.69 Å². The third-order valence-electron chi connectivity index (χ3n) is 4.54. The maximum atomic E-state index is 12.7. The summed E-state index contributed by atoms with van der Waals surface area (Å²) < 4.78 is 5.82. The number of thioether (sulfide) groups is 1. The molecule has 4 rings (SSSR count). The molecule has 0 bridgehead atoms. The largest absolute Gasteiger partial charge is 0.456 e. The molecule has 0 radical (unpaired) electrons. The van der Waals surface area contributed by atoms with Crippen LogP contribution in [0, 0.1) is 5.41 Å². The summed E-state index contributed by atoms with van der Waals surface area (Å²) in [7, 11) is 0. The smallest absolute Gasteiger partial charge is 0.191 e. The van der Waals surface area contributed by atoms with Crippen molar-refractivity contribution in [3.63, 3.8) is 0 Å². The molecular formula is C23H20ClN5O2S. The van der Waals surface area contributed by atoms with Gasteiger partial charge >= 0.3 is 0 Å². The lowest BCUT2D eigenvalue weighted by molar-refractivity contribution is -0.110. The van der Waals surface area contributed by atoms with E-state index in [9.17, 15) is 4.79 Å². The van der Waals surface area contributed by atoms with Gasteiger partial charge < -0.3 is 15.0 Å². The van der Waals surface area contributed by atoms with Gasteiger partial charge in [-0.15, -0.1) is 0 Å². The zero-order valence-electron chi connectivity index (χ0n) is 17.2. The van der Waals surface area contributed by atoms with E-state index in [0.717, 1.165) is 11.0 Å². The SMILES string of the molecule is CCNc1cc(Oc2cccnc2)ccc1C(=N)C(=O)CSc1nc2ccc(Cl)cc2[nH]1. The molecule has 0 aliphatic heterocycles. The third-order valence-corrected chi connectivity index (χ3v) is 5.65. The van der Waals surface area contributed by atoms with Crippen LogP contribution in [-0.2, 0) is 4.79 Å². The lowest BCUT2D eigenvalue weighted by Crippen LogP contribution is -2.18. The Morgan fingerprint density at radius 2 is 2.09 bits per heavy atom. The van der Waals surface area contributed by atoms with Gasteiger partial charge in [-0.2, -0.15) is 0 Å². The molecule has 0 fully saturated rings. The van der Waals surface area contributed by atoms with Crippen LogP contribution in [0.1, 0.15) is 12.5 Å². The number of imidazole rings is 1. The van der Waals surface area contributed by atoms with Crippen molar-refractivity contribution in [2.24, 2.45) is 0 Å². The van der Waals surface area contributed by atoms with E-state index >= 15 is 0 Å². The zero-order valence-corrected chi connectivity index (χ0v) is 18.8. The van der Waals surface area contributed by atoms with Crippen molar-refractivity contribution in [3.05, 3.63) is 71.5 Å². The predicted molar refractivity (Wildman–Crippen MR) is 129 cm³/mol. The molecular weight excluding hydrogens is 446 g/mol. The van der Waals surface area contributed by atoms with Gasteiger partial charge in [0.05, 0.1) is 23.0 Å². The number of benzene rings is 2. The fourth-order valence-electron chi connectivity index (χ4n) is 3.07. The van der Waals surface area contributed by atoms with Crippen LogP contribution in [-0.4, -0.2) is 38.7 Å². The second kappa shape index (κ2) is 9.84. The van der Waals surface area contributed by atoms with Crippen molar-refractivity contribution in [1.82, 2.24) is 15.0 Å². The van der Waals surface area contributed by atoms with Gasteiger partial charge in [-0.3, -0.25) is 15.2 Å². The number of anilines is 1. The van der Waals surface area contributed by atoms with Crippen LogP contribution in [0.3, 0.4) is 0 Å². The topological polar surface area (TPSA) is 104 Å². The standard InChI is InChI=1S/C23H20ClN5O2S/c1-2-27-19-11-15(31-16-4-3-9-26-12-16)6-7-17(19)22(25)21(30)13-32-23-28-18-8-5-14(24)10-20(18)29-23/h3-12,25,27H,2,13H2,1H3,(H,28,29). The van der Waals surface area contributed by atoms with Crippen LogP contribution in [0.2, 0.25) is 5.02 Å². The predicted octanol–water partition coefficient (Wildman–Crippen LogP) is 5.56. The lowest BCUT2D eigenvalue weighted by atomic mass is 10.0. The number of rotatable bonds is 9. The monoisotopic (exact) mass is 465 g/mol. The first-order valence-electron chi connectivity index (χ1n) is 9.89. The Balaban J connectivity index is 1.47. The Labute approximate surface area is 194 Å². The molecule has 0 amide bonds. The van der Waals surface area contributed by atoms with E-state index in [0.29, 0.717) is 39.5 Å². The number of H-pyrrole nitrogens is 1. The van der Waals surface area contributed by atoms with E-state index < -0.39 is 0 Å². The minimum atomic E-state index is -0.298. The number of carbonyl (C=O) groups is 1. The van der Waals surface area contributed by atoms with Crippen LogP contribution in [0.25, 0.3) is 11.0 Å². The minimum absolute atomic E-state index is 0.0690. The summed E-state index contributed by atoms with van der Waals surface area (Å²) in [5.41, 5.74) is 2.70. The van der Waals surface area contributed by atoms with E-state index in [1.165, 1.54) is 11.8 Å². The molecule has 32 heavy (non-hydrogen) atoms. The number of Topliss-reactive ketones (excluding diaryl/α,β-unsaturated/α-hetero) is 1. The van der Waals surface area contributed by atoms with Crippen LogP contribution in [0.5, 0.6) is 11.5 Å². The average molecular weight is 466 g/mol. The van der Waals surface area contributed by atoms with E-state index in [4.69, 9.17) is 21.7 Å². The van der Waals surface area contributed by atoms with Crippen molar-refractivity contribution < 1.29 is 9.53 Å². The number of hydrogen-bond donors (Lipinski definition) is 3. The number of aromatic amines is 1. The molecule has 0 atom stereocenters. The van der Waals surface area contributed by atoms with Gasteiger partial charge in [-0.25, -0.2) is 4.98 Å². The van der Waals surface area contributed by atoms with Crippen LogP contribution >= 0.6 is 23.4 Å². The molecule has 0 unspecified atom stereocenters. The number of halogens is 1. The van der Waals surface area contributed by atoms with Gasteiger partial charge in [0.15, 0.2) is 10.9 Å². The quantitative estimate of drug-likeness (QED) is 0.220. The summed E-state index contributed by atoms with van der Waals surface area (Å²) in [6.45, 7) is 2.59. The van der Waals surface area contributed by atoms with E-state index in [-0.39, 0.29) is 17.2 Å². The molecule has 0 saturated carbocycles. The highest BCUT2D eigenvalue weighted by atomic mass is 35.5. The maximum absolute atomic E-state index is 12.7. The van der Waals surface area contributed by atoms with Gasteiger partial charge in [0.25, 0.3) is 0 Å². The molecule has 2 heterocycles. The number of ketones is 1. The van der Waals surface area contributed by atoms with Crippen molar-refractivity contribution in [2.45, 2.75) is 12.1 Å². The minimum Gasteiger partial charge on any atom is -0.456 e. The maximum Gasteiger partial charge on any atom is 0.191 e. The Bertz CT molecular complexity index is 1280. The number of aromatic nitrogens is 3. The third kappa shape index (κ3) is 5.09. The second-order valence-corrected chi connectivity index (χ2v) is 8.22. The Kier molecular flexibility index (Phi) is 6.72. The first-order chi connectivity index (χ1) is 15.5. The molecule has 0 saturated heterocycles.